The molecule has 5 heteroatoms. The first-order valence-electron chi connectivity index (χ1n) is 7.65. The molecule has 2 N–H and O–H groups in total. The number of benzene rings is 1. The summed E-state index contributed by atoms with van der Waals surface area (Å²) in [6.45, 7) is 1.95. The summed E-state index contributed by atoms with van der Waals surface area (Å²) in [7, 11) is 1.60. The zero-order valence-electron chi connectivity index (χ0n) is 13.1. The molecule has 1 aliphatic carbocycles. The second-order valence-corrected chi connectivity index (χ2v) is 6.02. The smallest absolute Gasteiger partial charge is 0.329 e. The standard InChI is InChI=1S/C17H23NO4/c1-12(13-6-5-7-14(11-13)22-2)10-15(19)18-17(16(20)21)8-3-4-9-17/h5-7,11-12H,3-4,8-10H2,1-2H3,(H,18,19)(H,20,21). The lowest BCUT2D eigenvalue weighted by Gasteiger charge is -2.26. The number of amides is 1. The SMILES string of the molecule is COc1cccc(C(C)CC(=O)NC2(C(=O)O)CCCC2)c1. The topological polar surface area (TPSA) is 75.6 Å². The van der Waals surface area contributed by atoms with Gasteiger partial charge in [0.1, 0.15) is 11.3 Å². The van der Waals surface area contributed by atoms with Gasteiger partial charge < -0.3 is 15.2 Å². The number of ether oxygens (including phenoxy) is 1. The average molecular weight is 305 g/mol. The minimum absolute atomic E-state index is 0.00217. The van der Waals surface area contributed by atoms with Crippen molar-refractivity contribution in [2.24, 2.45) is 0 Å². The van der Waals surface area contributed by atoms with E-state index in [4.69, 9.17) is 4.74 Å². The summed E-state index contributed by atoms with van der Waals surface area (Å²) in [5.74, 6) is -0.378. The fraction of sp³-hybridized carbons (Fsp3) is 0.529. The Kier molecular flexibility index (Phi) is 5.06. The number of nitrogens with one attached hydrogen (secondary N) is 1. The number of carbonyl (C=O) groups excluding carboxylic acids is 1. The van der Waals surface area contributed by atoms with Gasteiger partial charge in [-0.15, -0.1) is 0 Å². The van der Waals surface area contributed by atoms with Crippen LogP contribution in [0.5, 0.6) is 5.75 Å². The van der Waals surface area contributed by atoms with Crippen molar-refractivity contribution < 1.29 is 19.4 Å². The van der Waals surface area contributed by atoms with Crippen LogP contribution in [-0.4, -0.2) is 29.6 Å². The Bertz CT molecular complexity index is 549. The molecule has 22 heavy (non-hydrogen) atoms. The Morgan fingerprint density at radius 2 is 2.05 bits per heavy atom. The molecule has 1 fully saturated rings. The number of rotatable bonds is 6. The lowest BCUT2D eigenvalue weighted by molar-refractivity contribution is -0.147. The Morgan fingerprint density at radius 3 is 2.64 bits per heavy atom. The summed E-state index contributed by atoms with van der Waals surface area (Å²) >= 11 is 0. The van der Waals surface area contributed by atoms with Gasteiger partial charge in [0.2, 0.25) is 5.91 Å². The molecule has 0 aliphatic heterocycles. The molecular formula is C17H23NO4. The van der Waals surface area contributed by atoms with Crippen molar-refractivity contribution in [3.8, 4) is 5.75 Å². The highest BCUT2D eigenvalue weighted by Gasteiger charge is 2.42. The molecule has 1 aromatic rings. The first-order valence-corrected chi connectivity index (χ1v) is 7.65. The van der Waals surface area contributed by atoms with Gasteiger partial charge in [0.25, 0.3) is 0 Å². The van der Waals surface area contributed by atoms with Gasteiger partial charge in [-0.25, -0.2) is 4.79 Å². The molecule has 1 amide bonds. The van der Waals surface area contributed by atoms with E-state index >= 15 is 0 Å². The molecule has 0 spiro atoms. The molecule has 2 rings (SSSR count). The number of methoxy groups -OCH3 is 1. The van der Waals surface area contributed by atoms with E-state index in [0.29, 0.717) is 12.8 Å². The van der Waals surface area contributed by atoms with Crippen LogP contribution in [0.3, 0.4) is 0 Å². The van der Waals surface area contributed by atoms with Gasteiger partial charge in [-0.2, -0.15) is 0 Å². The van der Waals surface area contributed by atoms with E-state index in [1.807, 2.05) is 31.2 Å². The summed E-state index contributed by atoms with van der Waals surface area (Å²) < 4.78 is 5.19. The molecule has 1 aromatic carbocycles. The summed E-state index contributed by atoms with van der Waals surface area (Å²) in [6, 6.07) is 7.59. The summed E-state index contributed by atoms with van der Waals surface area (Å²) in [5.41, 5.74) is -0.0594. The molecule has 0 saturated heterocycles. The predicted molar refractivity (Wildman–Crippen MR) is 83.0 cm³/mol. The third-order valence-corrected chi connectivity index (χ3v) is 4.40. The van der Waals surface area contributed by atoms with Gasteiger partial charge in [-0.3, -0.25) is 4.79 Å². The minimum atomic E-state index is -1.06. The van der Waals surface area contributed by atoms with Crippen LogP contribution in [0.15, 0.2) is 24.3 Å². The van der Waals surface area contributed by atoms with Crippen LogP contribution in [0, 0.1) is 0 Å². The lowest BCUT2D eigenvalue weighted by atomic mass is 9.94. The number of carbonyl (C=O) groups is 2. The first-order chi connectivity index (χ1) is 10.5. The maximum absolute atomic E-state index is 12.2. The molecule has 1 atom stereocenters. The largest absolute Gasteiger partial charge is 0.497 e. The quantitative estimate of drug-likeness (QED) is 0.847. The minimum Gasteiger partial charge on any atom is -0.497 e. The number of carboxylic acids is 1. The fourth-order valence-corrected chi connectivity index (χ4v) is 3.03. The molecule has 0 radical (unpaired) electrons. The Morgan fingerprint density at radius 1 is 1.36 bits per heavy atom. The van der Waals surface area contributed by atoms with Gasteiger partial charge >= 0.3 is 5.97 Å². The summed E-state index contributed by atoms with van der Waals surface area (Å²) in [5, 5.41) is 12.2. The zero-order chi connectivity index (χ0) is 16.2. The molecule has 0 aromatic heterocycles. The van der Waals surface area contributed by atoms with Crippen molar-refractivity contribution in [3.05, 3.63) is 29.8 Å². The van der Waals surface area contributed by atoms with Gasteiger partial charge in [0, 0.05) is 6.42 Å². The molecule has 1 saturated carbocycles. The van der Waals surface area contributed by atoms with Gasteiger partial charge in [0.15, 0.2) is 0 Å². The van der Waals surface area contributed by atoms with Gasteiger partial charge in [0.05, 0.1) is 7.11 Å². The molecule has 120 valence electrons. The van der Waals surface area contributed by atoms with E-state index in [1.165, 1.54) is 0 Å². The van der Waals surface area contributed by atoms with Crippen molar-refractivity contribution in [2.45, 2.75) is 50.5 Å². The molecule has 1 aliphatic rings. The second-order valence-electron chi connectivity index (χ2n) is 6.02. The van der Waals surface area contributed by atoms with E-state index in [9.17, 15) is 14.7 Å². The van der Waals surface area contributed by atoms with Crippen molar-refractivity contribution in [3.63, 3.8) is 0 Å². The number of hydrogen-bond acceptors (Lipinski definition) is 3. The third-order valence-electron chi connectivity index (χ3n) is 4.40. The first kappa shape index (κ1) is 16.3. The third kappa shape index (κ3) is 3.59. The van der Waals surface area contributed by atoms with Crippen molar-refractivity contribution in [1.29, 1.82) is 0 Å². The van der Waals surface area contributed by atoms with E-state index < -0.39 is 11.5 Å². The number of carboxylic acid groups (broad SMARTS) is 1. The van der Waals surface area contributed by atoms with Crippen LogP contribution in [0.25, 0.3) is 0 Å². The van der Waals surface area contributed by atoms with Crippen molar-refractivity contribution in [1.82, 2.24) is 5.32 Å². The molecule has 1 unspecified atom stereocenters. The predicted octanol–water partition coefficient (Wildman–Crippen LogP) is 2.70. The molecule has 0 heterocycles. The van der Waals surface area contributed by atoms with E-state index in [2.05, 4.69) is 5.32 Å². The van der Waals surface area contributed by atoms with Crippen LogP contribution < -0.4 is 10.1 Å². The summed E-state index contributed by atoms with van der Waals surface area (Å²) in [6.07, 6.45) is 2.99. The highest BCUT2D eigenvalue weighted by molar-refractivity contribution is 5.87. The lowest BCUT2D eigenvalue weighted by Crippen LogP contribution is -2.52. The van der Waals surface area contributed by atoms with Crippen LogP contribution in [-0.2, 0) is 9.59 Å². The Balaban J connectivity index is 2.00. The summed E-state index contributed by atoms with van der Waals surface area (Å²) in [4.78, 5) is 23.7. The van der Waals surface area contributed by atoms with Crippen LogP contribution in [0.1, 0.15) is 50.5 Å². The number of hydrogen-bond donors (Lipinski definition) is 2. The van der Waals surface area contributed by atoms with Crippen LogP contribution >= 0.6 is 0 Å². The molecule has 0 bridgehead atoms. The Hall–Kier alpha value is -2.04. The van der Waals surface area contributed by atoms with Gasteiger partial charge in [-0.1, -0.05) is 31.9 Å². The van der Waals surface area contributed by atoms with E-state index in [-0.39, 0.29) is 18.2 Å². The maximum Gasteiger partial charge on any atom is 0.329 e. The average Bonchev–Trinajstić information content (AvgIpc) is 2.97. The maximum atomic E-state index is 12.2. The zero-order valence-corrected chi connectivity index (χ0v) is 13.1. The normalized spacial score (nSPS) is 17.7. The highest BCUT2D eigenvalue weighted by Crippen LogP contribution is 2.31. The van der Waals surface area contributed by atoms with Crippen molar-refractivity contribution in [2.75, 3.05) is 7.11 Å². The monoisotopic (exact) mass is 305 g/mol. The Labute approximate surface area is 130 Å². The van der Waals surface area contributed by atoms with Crippen LogP contribution in [0.4, 0.5) is 0 Å². The van der Waals surface area contributed by atoms with Gasteiger partial charge in [-0.05, 0) is 36.5 Å². The van der Waals surface area contributed by atoms with Crippen LogP contribution in [0.2, 0.25) is 0 Å². The molecular weight excluding hydrogens is 282 g/mol. The second kappa shape index (κ2) is 6.81. The van der Waals surface area contributed by atoms with E-state index in [0.717, 1.165) is 24.2 Å². The van der Waals surface area contributed by atoms with Crippen molar-refractivity contribution >= 4 is 11.9 Å². The molecule has 5 nitrogen and oxygen atoms in total. The fourth-order valence-electron chi connectivity index (χ4n) is 3.03. The van der Waals surface area contributed by atoms with E-state index in [1.54, 1.807) is 7.11 Å². The number of aliphatic carboxylic acids is 1. The highest BCUT2D eigenvalue weighted by atomic mass is 16.5.